The lowest BCUT2D eigenvalue weighted by atomic mass is 10.2. The molecule has 0 atom stereocenters. The van der Waals surface area contributed by atoms with Crippen LogP contribution in [0.15, 0.2) is 12.1 Å². The Bertz CT molecular complexity index is 291. The van der Waals surface area contributed by atoms with Crippen molar-refractivity contribution in [3.05, 3.63) is 35.1 Å². The molecule has 0 heterocycles. The summed E-state index contributed by atoms with van der Waals surface area (Å²) in [4.78, 5) is 0. The molecule has 0 radical (unpaired) electrons. The van der Waals surface area contributed by atoms with E-state index in [-0.39, 0.29) is 24.5 Å². The van der Waals surface area contributed by atoms with Crippen LogP contribution in [0.4, 0.5) is 13.2 Å². The first-order valence-corrected chi connectivity index (χ1v) is 3.43. The Kier molecular flexibility index (Phi) is 4.80. The first kappa shape index (κ1) is 12.3. The second-order valence-electron chi connectivity index (χ2n) is 2.36. The van der Waals surface area contributed by atoms with Gasteiger partial charge < -0.3 is 5.32 Å². The number of nitrogens with one attached hydrogen (secondary N) is 1. The highest BCUT2D eigenvalue weighted by atomic mass is 35.5. The minimum Gasteiger partial charge on any atom is -0.316 e. The average Bonchev–Trinajstić information content (AvgIpc) is 2.07. The molecule has 1 N–H and O–H groups in total. The van der Waals surface area contributed by atoms with E-state index in [4.69, 9.17) is 0 Å². The Hall–Kier alpha value is -0.740. The molecule has 0 saturated carbocycles. The largest absolute Gasteiger partial charge is 0.316 e. The summed E-state index contributed by atoms with van der Waals surface area (Å²) in [5.41, 5.74) is 0.122. The van der Waals surface area contributed by atoms with Crippen molar-refractivity contribution in [1.29, 1.82) is 0 Å². The smallest absolute Gasteiger partial charge is 0.194 e. The molecule has 74 valence electrons. The van der Waals surface area contributed by atoms with Gasteiger partial charge in [0.25, 0.3) is 0 Å². The highest BCUT2D eigenvalue weighted by molar-refractivity contribution is 5.85. The molecule has 0 aliphatic heterocycles. The van der Waals surface area contributed by atoms with E-state index in [9.17, 15) is 13.2 Å². The number of benzene rings is 1. The predicted octanol–water partition coefficient (Wildman–Crippen LogP) is 2.25. The Labute approximate surface area is 80.4 Å². The zero-order valence-electron chi connectivity index (χ0n) is 6.90. The van der Waals surface area contributed by atoms with E-state index in [0.29, 0.717) is 0 Å². The molecule has 0 amide bonds. The fourth-order valence-electron chi connectivity index (χ4n) is 0.893. The van der Waals surface area contributed by atoms with Gasteiger partial charge in [0, 0.05) is 12.1 Å². The SMILES string of the molecule is CNCc1ccc(F)c(F)c1F.Cl. The third-order valence-corrected chi connectivity index (χ3v) is 1.48. The van der Waals surface area contributed by atoms with Gasteiger partial charge in [-0.1, -0.05) is 6.07 Å². The molecule has 5 heteroatoms. The van der Waals surface area contributed by atoms with Gasteiger partial charge in [-0.2, -0.15) is 0 Å². The van der Waals surface area contributed by atoms with E-state index < -0.39 is 17.5 Å². The second-order valence-corrected chi connectivity index (χ2v) is 2.36. The number of hydrogen-bond acceptors (Lipinski definition) is 1. The van der Waals surface area contributed by atoms with Gasteiger partial charge in [-0.05, 0) is 13.1 Å². The van der Waals surface area contributed by atoms with Gasteiger partial charge >= 0.3 is 0 Å². The molecule has 1 rings (SSSR count). The quantitative estimate of drug-likeness (QED) is 0.740. The summed E-state index contributed by atoms with van der Waals surface area (Å²) < 4.78 is 37.7. The van der Waals surface area contributed by atoms with Crippen LogP contribution in [-0.2, 0) is 6.54 Å². The molecular weight excluding hydrogens is 203 g/mol. The summed E-state index contributed by atoms with van der Waals surface area (Å²) in [6, 6.07) is 2.12. The minimum atomic E-state index is -1.41. The average molecular weight is 212 g/mol. The zero-order valence-corrected chi connectivity index (χ0v) is 7.72. The van der Waals surface area contributed by atoms with Gasteiger partial charge in [-0.3, -0.25) is 0 Å². The summed E-state index contributed by atoms with van der Waals surface area (Å²) in [6.45, 7) is 0.184. The summed E-state index contributed by atoms with van der Waals surface area (Å²) >= 11 is 0. The number of halogens is 4. The number of rotatable bonds is 2. The highest BCUT2D eigenvalue weighted by Crippen LogP contribution is 2.14. The maximum atomic E-state index is 12.8. The molecule has 1 aromatic rings. The fraction of sp³-hybridized carbons (Fsp3) is 0.250. The lowest BCUT2D eigenvalue weighted by molar-refractivity contribution is 0.439. The zero-order chi connectivity index (χ0) is 9.14. The normalized spacial score (nSPS) is 9.54. The van der Waals surface area contributed by atoms with Gasteiger partial charge in [-0.25, -0.2) is 13.2 Å². The molecule has 1 aromatic carbocycles. The third kappa shape index (κ3) is 2.60. The van der Waals surface area contributed by atoms with E-state index in [0.717, 1.165) is 6.07 Å². The van der Waals surface area contributed by atoms with Gasteiger partial charge in [-0.15, -0.1) is 12.4 Å². The summed E-state index contributed by atoms with van der Waals surface area (Å²) in [5.74, 6) is -3.69. The molecule has 0 unspecified atom stereocenters. The topological polar surface area (TPSA) is 12.0 Å². The van der Waals surface area contributed by atoms with Crippen LogP contribution < -0.4 is 5.32 Å². The Morgan fingerprint density at radius 3 is 2.31 bits per heavy atom. The molecule has 0 aliphatic carbocycles. The van der Waals surface area contributed by atoms with E-state index in [2.05, 4.69) is 5.32 Å². The molecule has 0 saturated heterocycles. The highest BCUT2D eigenvalue weighted by Gasteiger charge is 2.11. The van der Waals surface area contributed by atoms with E-state index in [1.165, 1.54) is 6.07 Å². The van der Waals surface area contributed by atoms with Gasteiger partial charge in [0.05, 0.1) is 0 Å². The Morgan fingerprint density at radius 2 is 1.77 bits per heavy atom. The van der Waals surface area contributed by atoms with Crippen LogP contribution in [0.2, 0.25) is 0 Å². The van der Waals surface area contributed by atoms with Crippen molar-refractivity contribution in [3.63, 3.8) is 0 Å². The van der Waals surface area contributed by atoms with E-state index in [1.54, 1.807) is 7.05 Å². The fourth-order valence-corrected chi connectivity index (χ4v) is 0.893. The third-order valence-electron chi connectivity index (χ3n) is 1.48. The van der Waals surface area contributed by atoms with Gasteiger partial charge in [0.15, 0.2) is 17.5 Å². The minimum absolute atomic E-state index is 0. The van der Waals surface area contributed by atoms with E-state index in [1.807, 2.05) is 0 Å². The summed E-state index contributed by atoms with van der Waals surface area (Å²) in [7, 11) is 1.60. The molecule has 13 heavy (non-hydrogen) atoms. The summed E-state index contributed by atoms with van der Waals surface area (Å²) in [5, 5.41) is 2.64. The van der Waals surface area contributed by atoms with Crippen LogP contribution in [0.5, 0.6) is 0 Å². The van der Waals surface area contributed by atoms with E-state index >= 15 is 0 Å². The van der Waals surface area contributed by atoms with Crippen molar-refractivity contribution in [2.75, 3.05) is 7.05 Å². The van der Waals surface area contributed by atoms with Crippen molar-refractivity contribution in [1.82, 2.24) is 5.32 Å². The van der Waals surface area contributed by atoms with Crippen molar-refractivity contribution in [2.45, 2.75) is 6.54 Å². The van der Waals surface area contributed by atoms with Crippen LogP contribution in [0.3, 0.4) is 0 Å². The van der Waals surface area contributed by atoms with Crippen LogP contribution in [0.25, 0.3) is 0 Å². The Morgan fingerprint density at radius 1 is 1.15 bits per heavy atom. The first-order chi connectivity index (χ1) is 5.66. The summed E-state index contributed by atoms with van der Waals surface area (Å²) in [6.07, 6.45) is 0. The van der Waals surface area contributed by atoms with Crippen molar-refractivity contribution in [2.24, 2.45) is 0 Å². The van der Waals surface area contributed by atoms with Gasteiger partial charge in [0.1, 0.15) is 0 Å². The van der Waals surface area contributed by atoms with Crippen molar-refractivity contribution < 1.29 is 13.2 Å². The van der Waals surface area contributed by atoms with Crippen molar-refractivity contribution in [3.8, 4) is 0 Å². The Balaban J connectivity index is 0.00000144. The maximum Gasteiger partial charge on any atom is 0.194 e. The van der Waals surface area contributed by atoms with Crippen LogP contribution in [0.1, 0.15) is 5.56 Å². The molecular formula is C8H9ClF3N. The molecule has 0 aromatic heterocycles. The molecule has 0 fully saturated rings. The molecule has 0 aliphatic rings. The first-order valence-electron chi connectivity index (χ1n) is 3.43. The standard InChI is InChI=1S/C8H8F3N.ClH/c1-12-4-5-2-3-6(9)8(11)7(5)10;/h2-3,12H,4H2,1H3;1H. The van der Waals surface area contributed by atoms with Crippen LogP contribution in [0, 0.1) is 17.5 Å². The molecule has 0 bridgehead atoms. The monoisotopic (exact) mass is 211 g/mol. The molecule has 0 spiro atoms. The lowest BCUT2D eigenvalue weighted by Gasteiger charge is -2.02. The van der Waals surface area contributed by atoms with Gasteiger partial charge in [0.2, 0.25) is 0 Å². The predicted molar refractivity (Wildman–Crippen MR) is 46.3 cm³/mol. The van der Waals surface area contributed by atoms with Crippen molar-refractivity contribution >= 4 is 12.4 Å². The molecule has 1 nitrogen and oxygen atoms in total. The number of hydrogen-bond donors (Lipinski definition) is 1. The van der Waals surface area contributed by atoms with Crippen LogP contribution in [-0.4, -0.2) is 7.05 Å². The van der Waals surface area contributed by atoms with Crippen LogP contribution >= 0.6 is 12.4 Å². The second kappa shape index (κ2) is 5.09. The maximum absolute atomic E-state index is 12.8. The lowest BCUT2D eigenvalue weighted by Crippen LogP contribution is -2.08.